The van der Waals surface area contributed by atoms with Crippen LogP contribution in [0, 0.1) is 5.92 Å². The predicted molar refractivity (Wildman–Crippen MR) is 79.9 cm³/mol. The number of carbonyl (C=O) groups excluding carboxylic acids is 1. The monoisotopic (exact) mass is 286 g/mol. The van der Waals surface area contributed by atoms with Crippen molar-refractivity contribution in [2.75, 3.05) is 26.2 Å². The van der Waals surface area contributed by atoms with E-state index in [4.69, 9.17) is 4.74 Å². The summed E-state index contributed by atoms with van der Waals surface area (Å²) in [4.78, 5) is 14.9. The Kier molecular flexibility index (Phi) is 3.43. The second-order valence-electron chi connectivity index (χ2n) is 6.41. The number of rotatable bonds is 1. The maximum atomic E-state index is 12.9. The number of ether oxygens (including phenoxy) is 1. The van der Waals surface area contributed by atoms with Gasteiger partial charge in [0, 0.05) is 19.1 Å². The third kappa shape index (κ3) is 2.36. The summed E-state index contributed by atoms with van der Waals surface area (Å²) in [6, 6.07) is 8.68. The molecular weight excluding hydrogens is 264 g/mol. The second-order valence-corrected chi connectivity index (χ2v) is 6.41. The highest BCUT2D eigenvalue weighted by molar-refractivity contribution is 5.83. The number of likely N-dealkylation sites (tertiary alicyclic amines) is 1. The van der Waals surface area contributed by atoms with Gasteiger partial charge in [0.05, 0.1) is 6.61 Å². The third-order valence-corrected chi connectivity index (χ3v) is 5.13. The molecule has 3 heterocycles. The van der Waals surface area contributed by atoms with E-state index in [0.717, 1.165) is 31.6 Å². The average Bonchev–Trinajstić information content (AvgIpc) is 2.97. The highest BCUT2D eigenvalue weighted by Crippen LogP contribution is 2.32. The Hall–Kier alpha value is -1.39. The van der Waals surface area contributed by atoms with Crippen molar-refractivity contribution in [1.82, 2.24) is 10.2 Å². The van der Waals surface area contributed by atoms with E-state index in [-0.39, 0.29) is 5.91 Å². The Labute approximate surface area is 125 Å². The highest BCUT2D eigenvalue weighted by Gasteiger charge is 2.40. The molecule has 1 aromatic carbocycles. The first-order valence-corrected chi connectivity index (χ1v) is 8.04. The number of amides is 1. The molecular formula is C17H22N2O2. The van der Waals surface area contributed by atoms with Crippen LogP contribution in [0.3, 0.4) is 0 Å². The van der Waals surface area contributed by atoms with Crippen LogP contribution >= 0.6 is 0 Å². The molecule has 3 aliphatic heterocycles. The number of benzene rings is 1. The van der Waals surface area contributed by atoms with Gasteiger partial charge in [0.1, 0.15) is 0 Å². The van der Waals surface area contributed by atoms with Crippen molar-refractivity contribution in [2.45, 2.75) is 31.4 Å². The van der Waals surface area contributed by atoms with Crippen LogP contribution in [0.15, 0.2) is 24.3 Å². The zero-order chi connectivity index (χ0) is 14.2. The summed E-state index contributed by atoms with van der Waals surface area (Å²) in [6.45, 7) is 3.46. The molecule has 2 saturated heterocycles. The number of carbonyl (C=O) groups is 1. The molecule has 3 aliphatic rings. The molecule has 112 valence electrons. The van der Waals surface area contributed by atoms with Gasteiger partial charge in [-0.25, -0.2) is 0 Å². The minimum absolute atomic E-state index is 0.151. The Balaban J connectivity index is 1.53. The molecule has 1 N–H and O–H groups in total. The SMILES string of the molecule is O=C(C1OCCc2ccccc21)N1CC2CCCNC2C1. The predicted octanol–water partition coefficient (Wildman–Crippen LogP) is 1.51. The summed E-state index contributed by atoms with van der Waals surface area (Å²) in [5.74, 6) is 0.778. The first kappa shape index (κ1) is 13.3. The number of piperidine rings is 1. The van der Waals surface area contributed by atoms with Crippen molar-refractivity contribution in [3.63, 3.8) is 0 Å². The number of hydrogen-bond acceptors (Lipinski definition) is 3. The van der Waals surface area contributed by atoms with E-state index >= 15 is 0 Å². The fourth-order valence-electron chi connectivity index (χ4n) is 3.99. The molecule has 2 fully saturated rings. The maximum Gasteiger partial charge on any atom is 0.256 e. The van der Waals surface area contributed by atoms with Gasteiger partial charge in [-0.05, 0) is 42.9 Å². The maximum absolute atomic E-state index is 12.9. The largest absolute Gasteiger partial charge is 0.363 e. The van der Waals surface area contributed by atoms with Crippen molar-refractivity contribution in [2.24, 2.45) is 5.92 Å². The summed E-state index contributed by atoms with van der Waals surface area (Å²) in [6.07, 6.45) is 2.98. The van der Waals surface area contributed by atoms with E-state index in [9.17, 15) is 4.79 Å². The van der Waals surface area contributed by atoms with Crippen molar-refractivity contribution in [3.8, 4) is 0 Å². The van der Waals surface area contributed by atoms with Gasteiger partial charge in [-0.3, -0.25) is 4.79 Å². The fourth-order valence-corrected chi connectivity index (χ4v) is 3.99. The van der Waals surface area contributed by atoms with Crippen LogP contribution in [0.1, 0.15) is 30.1 Å². The summed E-state index contributed by atoms with van der Waals surface area (Å²) >= 11 is 0. The lowest BCUT2D eigenvalue weighted by atomic mass is 9.94. The molecule has 4 heteroatoms. The van der Waals surface area contributed by atoms with Gasteiger partial charge in [-0.15, -0.1) is 0 Å². The number of nitrogens with one attached hydrogen (secondary N) is 1. The minimum Gasteiger partial charge on any atom is -0.363 e. The van der Waals surface area contributed by atoms with E-state index in [1.165, 1.54) is 18.4 Å². The Bertz CT molecular complexity index is 531. The van der Waals surface area contributed by atoms with Gasteiger partial charge >= 0.3 is 0 Å². The molecule has 1 aromatic rings. The smallest absolute Gasteiger partial charge is 0.256 e. The van der Waals surface area contributed by atoms with Crippen LogP contribution in [-0.4, -0.2) is 43.1 Å². The average molecular weight is 286 g/mol. The Morgan fingerprint density at radius 2 is 2.19 bits per heavy atom. The van der Waals surface area contributed by atoms with Gasteiger partial charge in [-0.1, -0.05) is 24.3 Å². The molecule has 3 atom stereocenters. The molecule has 0 aromatic heterocycles. The lowest BCUT2D eigenvalue weighted by molar-refractivity contribution is -0.144. The molecule has 21 heavy (non-hydrogen) atoms. The molecule has 4 rings (SSSR count). The highest BCUT2D eigenvalue weighted by atomic mass is 16.5. The molecule has 0 bridgehead atoms. The first-order chi connectivity index (χ1) is 10.3. The van der Waals surface area contributed by atoms with Crippen LogP contribution in [0.2, 0.25) is 0 Å². The first-order valence-electron chi connectivity index (χ1n) is 8.04. The molecule has 0 aliphatic carbocycles. The van der Waals surface area contributed by atoms with Crippen LogP contribution in [0.25, 0.3) is 0 Å². The molecule has 0 saturated carbocycles. The van der Waals surface area contributed by atoms with Gasteiger partial charge in [0.2, 0.25) is 0 Å². The van der Waals surface area contributed by atoms with Crippen molar-refractivity contribution in [3.05, 3.63) is 35.4 Å². The zero-order valence-corrected chi connectivity index (χ0v) is 12.3. The lowest BCUT2D eigenvalue weighted by Gasteiger charge is -2.28. The number of nitrogens with zero attached hydrogens (tertiary/aromatic N) is 1. The van der Waals surface area contributed by atoms with Crippen molar-refractivity contribution < 1.29 is 9.53 Å². The van der Waals surface area contributed by atoms with E-state index < -0.39 is 6.10 Å². The molecule has 1 amide bonds. The number of fused-ring (bicyclic) bond motifs is 2. The Morgan fingerprint density at radius 1 is 1.29 bits per heavy atom. The topological polar surface area (TPSA) is 41.6 Å². The Morgan fingerprint density at radius 3 is 3.10 bits per heavy atom. The summed E-state index contributed by atoms with van der Waals surface area (Å²) in [7, 11) is 0. The summed E-state index contributed by atoms with van der Waals surface area (Å²) < 4.78 is 5.82. The molecule has 3 unspecified atom stereocenters. The number of hydrogen-bond donors (Lipinski definition) is 1. The van der Waals surface area contributed by atoms with Crippen LogP contribution in [0.5, 0.6) is 0 Å². The zero-order valence-electron chi connectivity index (χ0n) is 12.3. The quantitative estimate of drug-likeness (QED) is 0.851. The second kappa shape index (κ2) is 5.43. The van der Waals surface area contributed by atoms with Gasteiger partial charge in [0.15, 0.2) is 6.10 Å². The van der Waals surface area contributed by atoms with E-state index in [2.05, 4.69) is 11.4 Å². The van der Waals surface area contributed by atoms with Crippen LogP contribution in [0.4, 0.5) is 0 Å². The molecule has 0 radical (unpaired) electrons. The standard InChI is InChI=1S/C17H22N2O2/c20-17(19-10-13-5-3-8-18-15(13)11-19)16-14-6-2-1-4-12(14)7-9-21-16/h1-2,4,6,13,15-16,18H,3,5,7-11H2. The summed E-state index contributed by atoms with van der Waals surface area (Å²) in [5, 5.41) is 3.55. The van der Waals surface area contributed by atoms with E-state index in [0.29, 0.717) is 18.6 Å². The summed E-state index contributed by atoms with van der Waals surface area (Å²) in [5.41, 5.74) is 2.33. The van der Waals surface area contributed by atoms with Gasteiger partial charge < -0.3 is 15.0 Å². The lowest BCUT2D eigenvalue weighted by Crippen LogP contribution is -2.41. The van der Waals surface area contributed by atoms with E-state index in [1.54, 1.807) is 0 Å². The van der Waals surface area contributed by atoms with Crippen molar-refractivity contribution >= 4 is 5.91 Å². The van der Waals surface area contributed by atoms with Crippen molar-refractivity contribution in [1.29, 1.82) is 0 Å². The van der Waals surface area contributed by atoms with Crippen LogP contribution in [-0.2, 0) is 16.0 Å². The van der Waals surface area contributed by atoms with Gasteiger partial charge in [0.25, 0.3) is 5.91 Å². The van der Waals surface area contributed by atoms with E-state index in [1.807, 2.05) is 23.1 Å². The third-order valence-electron chi connectivity index (χ3n) is 5.13. The normalized spacial score (nSPS) is 31.6. The molecule has 4 nitrogen and oxygen atoms in total. The molecule has 0 spiro atoms. The van der Waals surface area contributed by atoms with Crippen LogP contribution < -0.4 is 5.32 Å². The van der Waals surface area contributed by atoms with Gasteiger partial charge in [-0.2, -0.15) is 0 Å². The fraction of sp³-hybridized carbons (Fsp3) is 0.588. The minimum atomic E-state index is -0.393.